The molecule has 1 N–H and O–H groups in total. The van der Waals surface area contributed by atoms with Crippen molar-refractivity contribution in [3.63, 3.8) is 0 Å². The SMILES string of the molecule is O=C(COC(=O)c1ccsc1)Nc1ccccc1[N+](=O)[O-]. The lowest BCUT2D eigenvalue weighted by atomic mass is 10.2. The lowest BCUT2D eigenvalue weighted by molar-refractivity contribution is -0.383. The van der Waals surface area contributed by atoms with E-state index in [2.05, 4.69) is 5.32 Å². The minimum Gasteiger partial charge on any atom is -0.452 e. The number of esters is 1. The fourth-order valence-corrected chi connectivity index (χ4v) is 2.15. The Morgan fingerprint density at radius 1 is 1.29 bits per heavy atom. The molecule has 21 heavy (non-hydrogen) atoms. The number of nitrogens with one attached hydrogen (secondary N) is 1. The van der Waals surface area contributed by atoms with Crippen molar-refractivity contribution in [1.29, 1.82) is 0 Å². The number of benzene rings is 1. The maximum absolute atomic E-state index is 11.7. The minimum atomic E-state index is -0.645. The Labute approximate surface area is 123 Å². The number of rotatable bonds is 5. The first-order chi connectivity index (χ1) is 10.1. The van der Waals surface area contributed by atoms with Gasteiger partial charge < -0.3 is 10.1 Å². The van der Waals surface area contributed by atoms with Crippen molar-refractivity contribution >= 4 is 34.6 Å². The van der Waals surface area contributed by atoms with E-state index in [1.807, 2.05) is 0 Å². The number of hydrogen-bond donors (Lipinski definition) is 1. The normalized spacial score (nSPS) is 9.90. The number of nitrogens with zero attached hydrogens (tertiary/aromatic N) is 1. The van der Waals surface area contributed by atoms with Crippen LogP contribution in [0, 0.1) is 10.1 Å². The molecule has 0 saturated heterocycles. The molecule has 1 aromatic carbocycles. The second-order valence-electron chi connectivity index (χ2n) is 3.91. The van der Waals surface area contributed by atoms with Gasteiger partial charge in [-0.25, -0.2) is 4.79 Å². The number of carbonyl (C=O) groups is 2. The number of ether oxygens (including phenoxy) is 1. The topological polar surface area (TPSA) is 98.5 Å². The standard InChI is InChI=1S/C13H10N2O5S/c16-12(7-20-13(17)9-5-6-21-8-9)14-10-3-1-2-4-11(10)15(18)19/h1-6,8H,7H2,(H,14,16). The molecule has 1 heterocycles. The van der Waals surface area contributed by atoms with Crippen LogP contribution in [-0.2, 0) is 9.53 Å². The summed E-state index contributed by atoms with van der Waals surface area (Å²) in [5, 5.41) is 16.4. The van der Waals surface area contributed by atoms with E-state index in [0.29, 0.717) is 5.56 Å². The number of nitro benzene ring substituents is 1. The Kier molecular flexibility index (Phi) is 4.62. The van der Waals surface area contributed by atoms with Crippen molar-refractivity contribution in [3.8, 4) is 0 Å². The molecule has 108 valence electrons. The maximum Gasteiger partial charge on any atom is 0.339 e. The van der Waals surface area contributed by atoms with E-state index in [1.165, 1.54) is 29.5 Å². The van der Waals surface area contributed by atoms with Crippen LogP contribution in [0.1, 0.15) is 10.4 Å². The Hall–Kier alpha value is -2.74. The predicted octanol–water partition coefficient (Wildman–Crippen LogP) is 2.45. The molecule has 0 radical (unpaired) electrons. The van der Waals surface area contributed by atoms with E-state index in [1.54, 1.807) is 22.9 Å². The van der Waals surface area contributed by atoms with Gasteiger partial charge in [0, 0.05) is 11.4 Å². The molecule has 0 spiro atoms. The smallest absolute Gasteiger partial charge is 0.339 e. The van der Waals surface area contributed by atoms with Crippen LogP contribution in [0.3, 0.4) is 0 Å². The first kappa shape index (κ1) is 14.7. The monoisotopic (exact) mass is 306 g/mol. The van der Waals surface area contributed by atoms with Crippen molar-refractivity contribution < 1.29 is 19.2 Å². The molecule has 0 fully saturated rings. The van der Waals surface area contributed by atoms with Gasteiger partial charge in [-0.2, -0.15) is 11.3 Å². The summed E-state index contributed by atoms with van der Waals surface area (Å²) in [5.41, 5.74) is 0.188. The Morgan fingerprint density at radius 2 is 2.05 bits per heavy atom. The molecule has 0 atom stereocenters. The van der Waals surface area contributed by atoms with E-state index in [-0.39, 0.29) is 11.4 Å². The highest BCUT2D eigenvalue weighted by Crippen LogP contribution is 2.22. The van der Waals surface area contributed by atoms with E-state index >= 15 is 0 Å². The number of anilines is 1. The zero-order valence-electron chi connectivity index (χ0n) is 10.6. The van der Waals surface area contributed by atoms with E-state index in [4.69, 9.17) is 4.74 Å². The number of carbonyl (C=O) groups excluding carboxylic acids is 2. The fourth-order valence-electron chi connectivity index (χ4n) is 1.52. The Morgan fingerprint density at radius 3 is 2.71 bits per heavy atom. The average Bonchev–Trinajstić information content (AvgIpc) is 2.99. The number of nitro groups is 1. The number of thiophene rings is 1. The van der Waals surface area contributed by atoms with Crippen LogP contribution in [0.4, 0.5) is 11.4 Å². The minimum absolute atomic E-state index is 0.0547. The van der Waals surface area contributed by atoms with Gasteiger partial charge in [0.2, 0.25) is 0 Å². The van der Waals surface area contributed by atoms with Crippen LogP contribution in [0.5, 0.6) is 0 Å². The number of para-hydroxylation sites is 2. The highest BCUT2D eigenvalue weighted by molar-refractivity contribution is 7.08. The molecule has 0 aliphatic rings. The zero-order chi connectivity index (χ0) is 15.2. The van der Waals surface area contributed by atoms with Crippen molar-refractivity contribution in [2.45, 2.75) is 0 Å². The van der Waals surface area contributed by atoms with Crippen LogP contribution in [-0.4, -0.2) is 23.4 Å². The van der Waals surface area contributed by atoms with Crippen molar-refractivity contribution in [2.75, 3.05) is 11.9 Å². The van der Waals surface area contributed by atoms with Crippen LogP contribution >= 0.6 is 11.3 Å². The molecule has 0 aliphatic carbocycles. The second kappa shape index (κ2) is 6.62. The highest BCUT2D eigenvalue weighted by atomic mass is 32.1. The molecule has 0 saturated carbocycles. The largest absolute Gasteiger partial charge is 0.452 e. The molecule has 0 bridgehead atoms. The highest BCUT2D eigenvalue weighted by Gasteiger charge is 2.16. The van der Waals surface area contributed by atoms with Gasteiger partial charge in [0.15, 0.2) is 6.61 Å². The molecule has 0 unspecified atom stereocenters. The molecule has 2 aromatic rings. The van der Waals surface area contributed by atoms with Gasteiger partial charge in [-0.15, -0.1) is 0 Å². The molecule has 1 aromatic heterocycles. The first-order valence-electron chi connectivity index (χ1n) is 5.80. The van der Waals surface area contributed by atoms with Gasteiger partial charge in [-0.1, -0.05) is 12.1 Å². The van der Waals surface area contributed by atoms with E-state index in [9.17, 15) is 19.7 Å². The van der Waals surface area contributed by atoms with Crippen molar-refractivity contribution in [2.24, 2.45) is 0 Å². The van der Waals surface area contributed by atoms with E-state index < -0.39 is 23.4 Å². The number of amides is 1. The van der Waals surface area contributed by atoms with Gasteiger partial charge in [0.25, 0.3) is 11.6 Å². The molecular weight excluding hydrogens is 296 g/mol. The molecular formula is C13H10N2O5S. The third-order valence-corrected chi connectivity index (χ3v) is 3.15. The predicted molar refractivity (Wildman–Crippen MR) is 76.3 cm³/mol. The maximum atomic E-state index is 11.7. The lowest BCUT2D eigenvalue weighted by Crippen LogP contribution is -2.21. The molecule has 2 rings (SSSR count). The zero-order valence-corrected chi connectivity index (χ0v) is 11.5. The van der Waals surface area contributed by atoms with Crippen LogP contribution in [0.2, 0.25) is 0 Å². The molecule has 1 amide bonds. The average molecular weight is 306 g/mol. The quantitative estimate of drug-likeness (QED) is 0.519. The second-order valence-corrected chi connectivity index (χ2v) is 4.69. The summed E-state index contributed by atoms with van der Waals surface area (Å²) >= 11 is 1.33. The van der Waals surface area contributed by atoms with Gasteiger partial charge in [-0.05, 0) is 17.5 Å². The Bertz CT molecular complexity index is 669. The van der Waals surface area contributed by atoms with Crippen molar-refractivity contribution in [3.05, 3.63) is 56.8 Å². The molecule has 7 nitrogen and oxygen atoms in total. The summed E-state index contributed by atoms with van der Waals surface area (Å²) < 4.78 is 4.81. The summed E-state index contributed by atoms with van der Waals surface area (Å²) in [6.45, 7) is -0.513. The van der Waals surface area contributed by atoms with Crippen LogP contribution in [0.25, 0.3) is 0 Å². The Balaban J connectivity index is 1.93. The fraction of sp³-hybridized carbons (Fsp3) is 0.0769. The van der Waals surface area contributed by atoms with Crippen LogP contribution < -0.4 is 5.32 Å². The van der Waals surface area contributed by atoms with E-state index in [0.717, 1.165) is 0 Å². The molecule has 8 heteroatoms. The summed E-state index contributed by atoms with van der Waals surface area (Å²) in [7, 11) is 0. The summed E-state index contributed by atoms with van der Waals surface area (Å²) in [4.78, 5) is 33.4. The third kappa shape index (κ3) is 3.86. The van der Waals surface area contributed by atoms with Gasteiger partial charge >= 0.3 is 5.97 Å². The third-order valence-electron chi connectivity index (χ3n) is 2.47. The van der Waals surface area contributed by atoms with Crippen LogP contribution in [0.15, 0.2) is 41.1 Å². The summed E-state index contributed by atoms with van der Waals surface area (Å²) in [6, 6.07) is 7.29. The first-order valence-corrected chi connectivity index (χ1v) is 6.75. The summed E-state index contributed by atoms with van der Waals surface area (Å²) in [6.07, 6.45) is 0. The van der Waals surface area contributed by atoms with Gasteiger partial charge in [0.05, 0.1) is 10.5 Å². The van der Waals surface area contributed by atoms with Gasteiger partial charge in [0.1, 0.15) is 5.69 Å². The lowest BCUT2D eigenvalue weighted by Gasteiger charge is -2.06. The van der Waals surface area contributed by atoms with Gasteiger partial charge in [-0.3, -0.25) is 14.9 Å². The molecule has 0 aliphatic heterocycles. The van der Waals surface area contributed by atoms with Crippen molar-refractivity contribution in [1.82, 2.24) is 0 Å². The summed E-state index contributed by atoms with van der Waals surface area (Å²) in [5.74, 6) is -1.26. The number of hydrogen-bond acceptors (Lipinski definition) is 6.